The summed E-state index contributed by atoms with van der Waals surface area (Å²) in [6.45, 7) is 3.66. The molecule has 1 aliphatic rings. The fourth-order valence-electron chi connectivity index (χ4n) is 2.30. The second kappa shape index (κ2) is 5.81. The largest absolute Gasteiger partial charge is 0.393 e. The minimum absolute atomic E-state index is 0.0454. The normalized spacial score (nSPS) is 22.6. The zero-order chi connectivity index (χ0) is 15.1. The van der Waals surface area contributed by atoms with Crippen molar-refractivity contribution in [3.63, 3.8) is 0 Å². The predicted octanol–water partition coefficient (Wildman–Crippen LogP) is 2.66. The van der Waals surface area contributed by atoms with Crippen molar-refractivity contribution in [3.05, 3.63) is 27.2 Å². The topological polar surface area (TPSA) is 66.4 Å². The van der Waals surface area contributed by atoms with Gasteiger partial charge in [-0.15, -0.1) is 0 Å². The molecule has 0 amide bonds. The van der Waals surface area contributed by atoms with E-state index >= 15 is 0 Å². The lowest BCUT2D eigenvalue weighted by atomic mass is 9.83. The molecule has 2 N–H and O–H groups in total. The monoisotopic (exact) mass is 337 g/mol. The van der Waals surface area contributed by atoms with Gasteiger partial charge in [0.1, 0.15) is 4.90 Å². The van der Waals surface area contributed by atoms with Gasteiger partial charge in [-0.2, -0.15) is 0 Å². The van der Waals surface area contributed by atoms with Gasteiger partial charge < -0.3 is 5.11 Å². The van der Waals surface area contributed by atoms with E-state index in [4.69, 9.17) is 23.2 Å². The summed E-state index contributed by atoms with van der Waals surface area (Å²) in [5.74, 6) is 0.180. The number of halogens is 2. The fourth-order valence-corrected chi connectivity index (χ4v) is 4.62. The lowest BCUT2D eigenvalue weighted by Gasteiger charge is -2.31. The molecule has 0 spiro atoms. The van der Waals surface area contributed by atoms with Crippen LogP contribution >= 0.6 is 23.2 Å². The molecule has 0 saturated heterocycles. The highest BCUT2D eigenvalue weighted by Gasteiger charge is 2.30. The molecule has 1 aliphatic carbocycles. The Balaban J connectivity index is 2.25. The summed E-state index contributed by atoms with van der Waals surface area (Å²) in [4.78, 5) is 0.0454. The third kappa shape index (κ3) is 3.12. The first-order chi connectivity index (χ1) is 9.22. The number of nitrogens with one attached hydrogen (secondary N) is 1. The lowest BCUT2D eigenvalue weighted by Crippen LogP contribution is -2.38. The van der Waals surface area contributed by atoms with Gasteiger partial charge in [-0.05, 0) is 49.8 Å². The molecule has 1 saturated carbocycles. The molecule has 2 rings (SSSR count). The Morgan fingerprint density at radius 1 is 1.35 bits per heavy atom. The average Bonchev–Trinajstić information content (AvgIpc) is 2.31. The molecule has 7 heteroatoms. The van der Waals surface area contributed by atoms with Crippen LogP contribution in [0.15, 0.2) is 11.0 Å². The molecular weight excluding hydrogens is 321 g/mol. The number of hydrogen-bond donors (Lipinski definition) is 2. The first-order valence-electron chi connectivity index (χ1n) is 6.35. The van der Waals surface area contributed by atoms with Crippen LogP contribution in [0.25, 0.3) is 0 Å². The Hall–Kier alpha value is -0.330. The number of sulfonamides is 1. The minimum Gasteiger partial charge on any atom is -0.393 e. The molecule has 0 atom stereocenters. The Morgan fingerprint density at radius 2 is 1.95 bits per heavy atom. The number of aryl methyl sites for hydroxylation is 1. The first-order valence-corrected chi connectivity index (χ1v) is 8.59. The van der Waals surface area contributed by atoms with Crippen molar-refractivity contribution in [1.29, 1.82) is 0 Å². The van der Waals surface area contributed by atoms with E-state index in [9.17, 15) is 13.5 Å². The summed E-state index contributed by atoms with van der Waals surface area (Å²) in [5, 5.41) is 9.79. The Labute approximate surface area is 129 Å². The van der Waals surface area contributed by atoms with Crippen molar-refractivity contribution in [2.45, 2.75) is 37.7 Å². The predicted molar refractivity (Wildman–Crippen MR) is 79.9 cm³/mol. The van der Waals surface area contributed by atoms with E-state index in [1.807, 2.05) is 0 Å². The van der Waals surface area contributed by atoms with Crippen LogP contribution in [0.5, 0.6) is 0 Å². The van der Waals surface area contributed by atoms with Crippen molar-refractivity contribution in [2.75, 3.05) is 6.54 Å². The van der Waals surface area contributed by atoms with Gasteiger partial charge in [-0.3, -0.25) is 0 Å². The van der Waals surface area contributed by atoms with Crippen molar-refractivity contribution in [2.24, 2.45) is 5.92 Å². The van der Waals surface area contributed by atoms with Crippen LogP contribution in [0.1, 0.15) is 24.0 Å². The SMILES string of the molecule is Cc1cc(Cl)c(C)c(S(=O)(=O)NCC2CC(O)C2)c1Cl. The quantitative estimate of drug-likeness (QED) is 0.887. The van der Waals surface area contributed by atoms with Crippen molar-refractivity contribution in [3.8, 4) is 0 Å². The van der Waals surface area contributed by atoms with E-state index in [1.165, 1.54) is 0 Å². The third-order valence-corrected chi connectivity index (χ3v) is 6.22. The fraction of sp³-hybridized carbons (Fsp3) is 0.538. The van der Waals surface area contributed by atoms with E-state index in [0.29, 0.717) is 35.5 Å². The summed E-state index contributed by atoms with van der Waals surface area (Å²) in [5.41, 5.74) is 1.07. The van der Waals surface area contributed by atoms with E-state index < -0.39 is 10.0 Å². The molecule has 0 heterocycles. The van der Waals surface area contributed by atoms with E-state index in [1.54, 1.807) is 19.9 Å². The second-order valence-corrected chi connectivity index (χ2v) is 7.78. The van der Waals surface area contributed by atoms with Crippen LogP contribution in [-0.2, 0) is 10.0 Å². The molecule has 4 nitrogen and oxygen atoms in total. The first kappa shape index (κ1) is 16.0. The second-order valence-electron chi connectivity index (χ2n) is 5.29. The summed E-state index contributed by atoms with van der Waals surface area (Å²) in [6.07, 6.45) is 0.955. The van der Waals surface area contributed by atoms with E-state index in [2.05, 4.69) is 4.72 Å². The van der Waals surface area contributed by atoms with Crippen molar-refractivity contribution >= 4 is 33.2 Å². The van der Waals surface area contributed by atoms with Gasteiger partial charge in [0.15, 0.2) is 0 Å². The highest BCUT2D eigenvalue weighted by Crippen LogP contribution is 2.34. The van der Waals surface area contributed by atoms with Crippen LogP contribution < -0.4 is 4.72 Å². The van der Waals surface area contributed by atoms with E-state index in [-0.39, 0.29) is 21.9 Å². The lowest BCUT2D eigenvalue weighted by molar-refractivity contribution is 0.0453. The minimum atomic E-state index is -3.70. The summed E-state index contributed by atoms with van der Waals surface area (Å²) < 4.78 is 27.3. The van der Waals surface area contributed by atoms with Gasteiger partial charge in [0.2, 0.25) is 10.0 Å². The zero-order valence-electron chi connectivity index (χ0n) is 11.3. The molecule has 1 fully saturated rings. The molecule has 0 unspecified atom stereocenters. The number of aliphatic hydroxyl groups excluding tert-OH is 1. The van der Waals surface area contributed by atoms with Crippen LogP contribution in [0, 0.1) is 19.8 Å². The Morgan fingerprint density at radius 3 is 2.50 bits per heavy atom. The van der Waals surface area contributed by atoms with Crippen LogP contribution in [0.4, 0.5) is 0 Å². The van der Waals surface area contributed by atoms with Crippen LogP contribution in [0.2, 0.25) is 10.0 Å². The summed E-state index contributed by atoms with van der Waals surface area (Å²) in [7, 11) is -3.70. The molecule has 0 aliphatic heterocycles. The summed E-state index contributed by atoms with van der Waals surface area (Å²) >= 11 is 12.2. The van der Waals surface area contributed by atoms with Gasteiger partial charge in [-0.25, -0.2) is 13.1 Å². The van der Waals surface area contributed by atoms with Crippen molar-refractivity contribution < 1.29 is 13.5 Å². The van der Waals surface area contributed by atoms with Gasteiger partial charge in [0.25, 0.3) is 0 Å². The maximum atomic E-state index is 12.4. The third-order valence-electron chi connectivity index (χ3n) is 3.63. The highest BCUT2D eigenvalue weighted by molar-refractivity contribution is 7.89. The smallest absolute Gasteiger partial charge is 0.242 e. The Kier molecular flexibility index (Phi) is 4.66. The molecule has 0 aromatic heterocycles. The number of aliphatic hydroxyl groups is 1. The number of benzene rings is 1. The Bertz CT molecular complexity index is 599. The molecular formula is C13H17Cl2NO3S. The number of rotatable bonds is 4. The van der Waals surface area contributed by atoms with Crippen molar-refractivity contribution in [1.82, 2.24) is 4.72 Å². The maximum Gasteiger partial charge on any atom is 0.242 e. The van der Waals surface area contributed by atoms with Gasteiger partial charge in [-0.1, -0.05) is 23.2 Å². The van der Waals surface area contributed by atoms with Gasteiger partial charge in [0.05, 0.1) is 11.1 Å². The molecule has 1 aromatic rings. The number of hydrogen-bond acceptors (Lipinski definition) is 3. The maximum absolute atomic E-state index is 12.4. The molecule has 0 radical (unpaired) electrons. The van der Waals surface area contributed by atoms with Crippen LogP contribution in [0.3, 0.4) is 0 Å². The summed E-state index contributed by atoms with van der Waals surface area (Å²) in [6, 6.07) is 1.65. The zero-order valence-corrected chi connectivity index (χ0v) is 13.6. The standard InChI is InChI=1S/C13H17Cl2NO3S/c1-7-3-11(14)8(2)13(12(7)15)20(18,19)16-6-9-4-10(17)5-9/h3,9-10,16-17H,4-6H2,1-2H3. The average molecular weight is 338 g/mol. The van der Waals surface area contributed by atoms with Gasteiger partial charge >= 0.3 is 0 Å². The molecule has 0 bridgehead atoms. The van der Waals surface area contributed by atoms with Crippen LogP contribution in [-0.4, -0.2) is 26.2 Å². The van der Waals surface area contributed by atoms with Gasteiger partial charge in [0, 0.05) is 11.6 Å². The molecule has 1 aromatic carbocycles. The molecule has 112 valence electrons. The van der Waals surface area contributed by atoms with E-state index in [0.717, 1.165) is 0 Å². The highest BCUT2D eigenvalue weighted by atomic mass is 35.5. The molecule has 20 heavy (non-hydrogen) atoms.